The molecule has 138 valence electrons. The predicted octanol–water partition coefficient (Wildman–Crippen LogP) is 3.53. The SMILES string of the molecule is Cc1cc(Nc2csc(NC3CC4CC(CCC#N)C[C@@H](C3)N4)n2)n[nH]1. The van der Waals surface area contributed by atoms with E-state index >= 15 is 0 Å². The predicted molar refractivity (Wildman–Crippen MR) is 104 cm³/mol. The third-order valence-electron chi connectivity index (χ3n) is 5.30. The molecule has 2 bridgehead atoms. The van der Waals surface area contributed by atoms with Crippen molar-refractivity contribution >= 4 is 28.1 Å². The summed E-state index contributed by atoms with van der Waals surface area (Å²) >= 11 is 1.63. The van der Waals surface area contributed by atoms with Crippen molar-refractivity contribution in [3.63, 3.8) is 0 Å². The van der Waals surface area contributed by atoms with Crippen molar-refractivity contribution in [1.82, 2.24) is 20.5 Å². The number of piperidine rings is 2. The minimum atomic E-state index is 0.467. The molecule has 4 atom stereocenters. The van der Waals surface area contributed by atoms with Gasteiger partial charge in [-0.2, -0.15) is 10.4 Å². The van der Waals surface area contributed by atoms with Crippen molar-refractivity contribution in [3.8, 4) is 6.07 Å². The summed E-state index contributed by atoms with van der Waals surface area (Å²) in [6, 6.07) is 5.85. The average molecular weight is 372 g/mol. The molecule has 7 nitrogen and oxygen atoms in total. The smallest absolute Gasteiger partial charge is 0.184 e. The van der Waals surface area contributed by atoms with E-state index in [4.69, 9.17) is 5.26 Å². The molecule has 0 amide bonds. The quantitative estimate of drug-likeness (QED) is 0.620. The molecular weight excluding hydrogens is 346 g/mol. The highest BCUT2D eigenvalue weighted by molar-refractivity contribution is 7.14. The molecule has 0 aromatic carbocycles. The summed E-state index contributed by atoms with van der Waals surface area (Å²) in [5, 5.41) is 29.5. The standard InChI is InChI=1S/C18H25N7S/c1-11-5-16(25-24-11)22-17-10-26-18(23-17)21-15-8-13-6-12(3-2-4-19)7-14(9-15)20-13/h5,10,12-15,20H,2-3,6-9H2,1H3,(H,21,23)(H2,22,24,25)/t12?,13-,14?,15?/m0/s1. The van der Waals surface area contributed by atoms with Crippen molar-refractivity contribution in [2.45, 2.75) is 63.6 Å². The number of nitrogens with zero attached hydrogens (tertiary/aromatic N) is 3. The lowest BCUT2D eigenvalue weighted by Crippen LogP contribution is -2.54. The zero-order valence-corrected chi connectivity index (χ0v) is 15.8. The van der Waals surface area contributed by atoms with Crippen molar-refractivity contribution in [1.29, 1.82) is 5.26 Å². The third kappa shape index (κ3) is 4.17. The van der Waals surface area contributed by atoms with Gasteiger partial charge in [0.1, 0.15) is 5.82 Å². The number of nitriles is 1. The zero-order chi connectivity index (χ0) is 17.9. The van der Waals surface area contributed by atoms with E-state index in [9.17, 15) is 0 Å². The number of fused-ring (bicyclic) bond motifs is 2. The Kier molecular flexibility index (Phi) is 5.09. The van der Waals surface area contributed by atoms with E-state index in [2.05, 4.69) is 37.2 Å². The van der Waals surface area contributed by atoms with Gasteiger partial charge in [0.2, 0.25) is 0 Å². The van der Waals surface area contributed by atoms with E-state index in [0.29, 0.717) is 30.5 Å². The maximum Gasteiger partial charge on any atom is 0.184 e. The maximum atomic E-state index is 8.81. The Hall–Kier alpha value is -2.11. The van der Waals surface area contributed by atoms with Gasteiger partial charge in [0.15, 0.2) is 10.9 Å². The average Bonchev–Trinajstić information content (AvgIpc) is 3.21. The molecule has 2 aliphatic heterocycles. The second-order valence-corrected chi connectivity index (χ2v) is 8.36. The summed E-state index contributed by atoms with van der Waals surface area (Å²) in [4.78, 5) is 4.64. The summed E-state index contributed by atoms with van der Waals surface area (Å²) in [5.74, 6) is 2.33. The first kappa shape index (κ1) is 17.3. The maximum absolute atomic E-state index is 8.81. The summed E-state index contributed by atoms with van der Waals surface area (Å²) in [6.07, 6.45) is 6.38. The van der Waals surface area contributed by atoms with Gasteiger partial charge in [-0.05, 0) is 44.9 Å². The number of aryl methyl sites for hydroxylation is 1. The Bertz CT molecular complexity index is 763. The normalized spacial score (nSPS) is 27.7. The Morgan fingerprint density at radius 2 is 2.08 bits per heavy atom. The van der Waals surface area contributed by atoms with Crippen molar-refractivity contribution < 1.29 is 0 Å². The summed E-state index contributed by atoms with van der Waals surface area (Å²) in [5.41, 5.74) is 1.02. The van der Waals surface area contributed by atoms with E-state index in [1.165, 1.54) is 12.8 Å². The summed E-state index contributed by atoms with van der Waals surface area (Å²) < 4.78 is 0. The third-order valence-corrected chi connectivity index (χ3v) is 6.08. The highest BCUT2D eigenvalue weighted by atomic mass is 32.1. The van der Waals surface area contributed by atoms with Gasteiger partial charge in [0.25, 0.3) is 0 Å². The molecule has 0 radical (unpaired) electrons. The van der Waals surface area contributed by atoms with Gasteiger partial charge in [0.05, 0.1) is 6.07 Å². The van der Waals surface area contributed by atoms with Crippen molar-refractivity contribution in [2.24, 2.45) is 5.92 Å². The van der Waals surface area contributed by atoms with Gasteiger partial charge in [0, 0.05) is 41.7 Å². The largest absolute Gasteiger partial charge is 0.359 e. The Morgan fingerprint density at radius 3 is 2.77 bits per heavy atom. The molecule has 2 saturated heterocycles. The first-order valence-electron chi connectivity index (χ1n) is 9.32. The Balaban J connectivity index is 1.31. The molecule has 2 aromatic heterocycles. The van der Waals surface area contributed by atoms with Crippen LogP contribution >= 0.6 is 11.3 Å². The van der Waals surface area contributed by atoms with Gasteiger partial charge >= 0.3 is 0 Å². The molecular formula is C18H25N7S. The van der Waals surface area contributed by atoms with Crippen LogP contribution in [-0.4, -0.2) is 33.3 Å². The van der Waals surface area contributed by atoms with Crippen LogP contribution in [0.1, 0.15) is 44.2 Å². The molecule has 0 saturated carbocycles. The van der Waals surface area contributed by atoms with Crippen molar-refractivity contribution in [2.75, 3.05) is 10.6 Å². The monoisotopic (exact) mass is 371 g/mol. The summed E-state index contributed by atoms with van der Waals surface area (Å²) in [7, 11) is 0. The second kappa shape index (κ2) is 7.64. The number of nitrogens with one attached hydrogen (secondary N) is 4. The fraction of sp³-hybridized carbons (Fsp3) is 0.611. The highest BCUT2D eigenvalue weighted by Gasteiger charge is 2.35. The molecule has 26 heavy (non-hydrogen) atoms. The minimum Gasteiger partial charge on any atom is -0.359 e. The number of hydrogen-bond acceptors (Lipinski definition) is 7. The van der Waals surface area contributed by atoms with Gasteiger partial charge < -0.3 is 16.0 Å². The highest BCUT2D eigenvalue weighted by Crippen LogP contribution is 2.34. The number of H-pyrrole nitrogens is 1. The molecule has 2 aromatic rings. The summed E-state index contributed by atoms with van der Waals surface area (Å²) in [6.45, 7) is 1.98. The lowest BCUT2D eigenvalue weighted by molar-refractivity contribution is 0.171. The van der Waals surface area contributed by atoms with Crippen molar-refractivity contribution in [3.05, 3.63) is 17.1 Å². The van der Waals surface area contributed by atoms with E-state index in [1.807, 2.05) is 18.4 Å². The van der Waals surface area contributed by atoms with Crippen LogP contribution in [0.25, 0.3) is 0 Å². The van der Waals surface area contributed by atoms with E-state index < -0.39 is 0 Å². The lowest BCUT2D eigenvalue weighted by atomic mass is 9.77. The Morgan fingerprint density at radius 1 is 1.27 bits per heavy atom. The van der Waals surface area contributed by atoms with Gasteiger partial charge in [-0.15, -0.1) is 11.3 Å². The molecule has 4 heterocycles. The fourth-order valence-corrected chi connectivity index (χ4v) is 5.01. The molecule has 4 N–H and O–H groups in total. The lowest BCUT2D eigenvalue weighted by Gasteiger charge is -2.43. The van der Waals surface area contributed by atoms with Crippen LogP contribution in [0.4, 0.5) is 16.8 Å². The fourth-order valence-electron chi connectivity index (χ4n) is 4.29. The van der Waals surface area contributed by atoms with Crippen LogP contribution in [0.3, 0.4) is 0 Å². The number of aromatic nitrogens is 3. The first-order chi connectivity index (χ1) is 12.7. The number of thiazole rings is 1. The van der Waals surface area contributed by atoms with Gasteiger partial charge in [-0.1, -0.05) is 0 Å². The van der Waals surface area contributed by atoms with E-state index in [-0.39, 0.29) is 0 Å². The molecule has 3 unspecified atom stereocenters. The minimum absolute atomic E-state index is 0.467. The van der Waals surface area contributed by atoms with E-state index in [0.717, 1.165) is 41.7 Å². The number of hydrogen-bond donors (Lipinski definition) is 4. The van der Waals surface area contributed by atoms with Crippen LogP contribution in [0.15, 0.2) is 11.4 Å². The molecule has 2 fully saturated rings. The second-order valence-electron chi connectivity index (χ2n) is 7.51. The van der Waals surface area contributed by atoms with Crippen LogP contribution < -0.4 is 16.0 Å². The molecule has 4 rings (SSSR count). The van der Waals surface area contributed by atoms with Crippen LogP contribution in [0.2, 0.25) is 0 Å². The van der Waals surface area contributed by atoms with Crippen LogP contribution in [0, 0.1) is 24.2 Å². The number of aromatic amines is 1. The van der Waals surface area contributed by atoms with Crippen LogP contribution in [-0.2, 0) is 0 Å². The van der Waals surface area contributed by atoms with Gasteiger partial charge in [-0.25, -0.2) is 4.98 Å². The van der Waals surface area contributed by atoms with Crippen LogP contribution in [0.5, 0.6) is 0 Å². The molecule has 8 heteroatoms. The van der Waals surface area contributed by atoms with E-state index in [1.54, 1.807) is 11.3 Å². The number of rotatable bonds is 6. The molecule has 2 aliphatic rings. The number of anilines is 3. The topological polar surface area (TPSA) is 101 Å². The first-order valence-corrected chi connectivity index (χ1v) is 10.2. The van der Waals surface area contributed by atoms with Gasteiger partial charge in [-0.3, -0.25) is 5.10 Å². The molecule has 0 spiro atoms. The molecule has 0 aliphatic carbocycles. The zero-order valence-electron chi connectivity index (χ0n) is 15.0. The Labute approximate surface area is 157 Å².